The summed E-state index contributed by atoms with van der Waals surface area (Å²) in [5, 5.41) is 18.6. The van der Waals surface area contributed by atoms with Crippen molar-refractivity contribution < 1.29 is 19.7 Å². The Morgan fingerprint density at radius 2 is 2.08 bits per heavy atom. The monoisotopic (exact) mass is 173 g/mol. The second-order valence-corrected chi connectivity index (χ2v) is 3.38. The van der Waals surface area contributed by atoms with Crippen molar-refractivity contribution in [2.45, 2.75) is 30.8 Å². The molecule has 0 aromatic carbocycles. The number of hydrogen-bond acceptors (Lipinski definition) is 5. The lowest BCUT2D eigenvalue weighted by atomic mass is 10.0. The summed E-state index contributed by atoms with van der Waals surface area (Å²) in [7, 11) is 0. The average molecular weight is 173 g/mol. The van der Waals surface area contributed by atoms with Gasteiger partial charge in [0.2, 0.25) is 0 Å². The fraction of sp³-hybridized carbons (Fsp3) is 0.857. The number of nitrogens with two attached hydrogens (primary N) is 1. The lowest BCUT2D eigenvalue weighted by Gasteiger charge is -2.14. The largest absolute Gasteiger partial charge is 0.459 e. The van der Waals surface area contributed by atoms with E-state index in [2.05, 4.69) is 0 Å². The van der Waals surface area contributed by atoms with Crippen LogP contribution in [0.5, 0.6) is 0 Å². The molecular weight excluding hydrogens is 162 g/mol. The van der Waals surface area contributed by atoms with E-state index in [0.717, 1.165) is 0 Å². The highest BCUT2D eigenvalue weighted by Gasteiger charge is 2.54. The lowest BCUT2D eigenvalue weighted by Crippen LogP contribution is -2.39. The Hall–Kier alpha value is -0.650. The Labute approximate surface area is 69.1 Å². The van der Waals surface area contributed by atoms with Gasteiger partial charge in [0.25, 0.3) is 0 Å². The van der Waals surface area contributed by atoms with Crippen LogP contribution in [0.3, 0.4) is 0 Å². The molecule has 0 bridgehead atoms. The first-order chi connectivity index (χ1) is 5.61. The molecule has 1 saturated carbocycles. The van der Waals surface area contributed by atoms with Crippen molar-refractivity contribution >= 4 is 5.97 Å². The summed E-state index contributed by atoms with van der Waals surface area (Å²) in [6.07, 6.45) is -2.37. The van der Waals surface area contributed by atoms with E-state index in [1.54, 1.807) is 0 Å². The van der Waals surface area contributed by atoms with Crippen molar-refractivity contribution in [1.82, 2.24) is 0 Å². The van der Waals surface area contributed by atoms with E-state index >= 15 is 0 Å². The van der Waals surface area contributed by atoms with E-state index < -0.39 is 24.4 Å². The molecule has 5 atom stereocenters. The summed E-state index contributed by atoms with van der Waals surface area (Å²) in [5.41, 5.74) is 5.57. The van der Waals surface area contributed by atoms with Crippen LogP contribution in [-0.2, 0) is 9.53 Å². The van der Waals surface area contributed by atoms with Gasteiger partial charge in [0, 0.05) is 12.0 Å². The zero-order valence-corrected chi connectivity index (χ0v) is 6.38. The van der Waals surface area contributed by atoms with Gasteiger partial charge in [0.15, 0.2) is 0 Å². The highest BCUT2D eigenvalue weighted by Crippen LogP contribution is 2.36. The first kappa shape index (κ1) is 7.97. The predicted octanol–water partition coefficient (Wildman–Crippen LogP) is -2.02. The number of fused-ring (bicyclic) bond motifs is 1. The summed E-state index contributed by atoms with van der Waals surface area (Å²) in [5.74, 6) is -0.561. The molecule has 1 aliphatic heterocycles. The van der Waals surface area contributed by atoms with Crippen LogP contribution in [0.1, 0.15) is 6.42 Å². The van der Waals surface area contributed by atoms with E-state index in [1.165, 1.54) is 0 Å². The van der Waals surface area contributed by atoms with E-state index in [0.29, 0.717) is 0 Å². The van der Waals surface area contributed by atoms with Gasteiger partial charge in [-0.2, -0.15) is 0 Å². The molecule has 1 saturated heterocycles. The molecule has 12 heavy (non-hydrogen) atoms. The summed E-state index contributed by atoms with van der Waals surface area (Å²) < 4.78 is 4.81. The molecule has 0 aromatic heterocycles. The summed E-state index contributed by atoms with van der Waals surface area (Å²) >= 11 is 0. The van der Waals surface area contributed by atoms with Gasteiger partial charge in [0.1, 0.15) is 12.2 Å². The summed E-state index contributed by atoms with van der Waals surface area (Å²) in [6.45, 7) is 0. The van der Waals surface area contributed by atoms with Crippen molar-refractivity contribution in [3.8, 4) is 0 Å². The van der Waals surface area contributed by atoms with Crippen LogP contribution in [0.15, 0.2) is 0 Å². The summed E-state index contributed by atoms with van der Waals surface area (Å²) in [6, 6.07) is -0.545. The third-order valence-electron chi connectivity index (χ3n) is 2.67. The number of carbonyl (C=O) groups is 1. The number of rotatable bonds is 0. The molecule has 2 fully saturated rings. The van der Waals surface area contributed by atoms with E-state index in [4.69, 9.17) is 10.5 Å². The second-order valence-electron chi connectivity index (χ2n) is 3.38. The Bertz CT molecular complexity index is 199. The minimum atomic E-state index is -1.02. The Balaban J connectivity index is 2.20. The van der Waals surface area contributed by atoms with Gasteiger partial charge < -0.3 is 20.7 Å². The van der Waals surface area contributed by atoms with Crippen LogP contribution in [0.4, 0.5) is 0 Å². The first-order valence-electron chi connectivity index (χ1n) is 3.92. The maximum Gasteiger partial charge on any atom is 0.306 e. The molecule has 0 amide bonds. The van der Waals surface area contributed by atoms with Gasteiger partial charge >= 0.3 is 5.97 Å². The normalized spacial score (nSPS) is 52.2. The molecule has 5 heteroatoms. The maximum atomic E-state index is 10.8. The Kier molecular flexibility index (Phi) is 1.61. The average Bonchev–Trinajstić information content (AvgIpc) is 2.49. The zero-order valence-electron chi connectivity index (χ0n) is 6.38. The molecule has 0 aromatic rings. The smallest absolute Gasteiger partial charge is 0.306 e. The fourth-order valence-electron chi connectivity index (χ4n) is 1.95. The van der Waals surface area contributed by atoms with Gasteiger partial charge in [-0.15, -0.1) is 0 Å². The van der Waals surface area contributed by atoms with E-state index in [9.17, 15) is 15.0 Å². The minimum Gasteiger partial charge on any atom is -0.459 e. The Morgan fingerprint density at radius 1 is 1.42 bits per heavy atom. The van der Waals surface area contributed by atoms with Crippen molar-refractivity contribution in [2.75, 3.05) is 0 Å². The van der Waals surface area contributed by atoms with Crippen molar-refractivity contribution in [2.24, 2.45) is 11.7 Å². The van der Waals surface area contributed by atoms with Gasteiger partial charge in [-0.25, -0.2) is 0 Å². The lowest BCUT2D eigenvalue weighted by molar-refractivity contribution is -0.147. The van der Waals surface area contributed by atoms with Gasteiger partial charge in [-0.1, -0.05) is 0 Å². The molecule has 1 heterocycles. The van der Waals surface area contributed by atoms with Gasteiger partial charge in [-0.3, -0.25) is 4.79 Å². The molecule has 2 rings (SSSR count). The standard InChI is InChI=1S/C7H11NO4/c8-4-2-1-3(9)12-7(2)6(11)5(4)10/h2,4-7,10-11H,1,8H2. The molecule has 0 spiro atoms. The van der Waals surface area contributed by atoms with Gasteiger partial charge in [0.05, 0.1) is 12.5 Å². The number of esters is 1. The Morgan fingerprint density at radius 3 is 2.67 bits per heavy atom. The summed E-state index contributed by atoms with van der Waals surface area (Å²) in [4.78, 5) is 10.8. The number of ether oxygens (including phenoxy) is 1. The number of aliphatic hydroxyl groups is 2. The third-order valence-corrected chi connectivity index (χ3v) is 2.67. The van der Waals surface area contributed by atoms with Crippen LogP contribution < -0.4 is 5.73 Å². The molecule has 0 radical (unpaired) electrons. The molecule has 68 valence electrons. The van der Waals surface area contributed by atoms with Crippen LogP contribution in [-0.4, -0.2) is 40.5 Å². The maximum absolute atomic E-state index is 10.8. The number of carbonyl (C=O) groups excluding carboxylic acids is 1. The topological polar surface area (TPSA) is 92.8 Å². The molecule has 2 aliphatic rings. The molecule has 5 nitrogen and oxygen atoms in total. The highest BCUT2D eigenvalue weighted by atomic mass is 16.6. The van der Waals surface area contributed by atoms with Gasteiger partial charge in [-0.05, 0) is 0 Å². The van der Waals surface area contributed by atoms with E-state index in [1.807, 2.05) is 0 Å². The van der Waals surface area contributed by atoms with Crippen molar-refractivity contribution in [3.05, 3.63) is 0 Å². The third kappa shape index (κ3) is 0.872. The zero-order chi connectivity index (χ0) is 8.88. The fourth-order valence-corrected chi connectivity index (χ4v) is 1.95. The predicted molar refractivity (Wildman–Crippen MR) is 38.0 cm³/mol. The van der Waals surface area contributed by atoms with Crippen molar-refractivity contribution in [1.29, 1.82) is 0 Å². The first-order valence-corrected chi connectivity index (χ1v) is 3.92. The van der Waals surface area contributed by atoms with Crippen molar-refractivity contribution in [3.63, 3.8) is 0 Å². The van der Waals surface area contributed by atoms with Crippen LogP contribution in [0.2, 0.25) is 0 Å². The number of aliphatic hydroxyl groups excluding tert-OH is 2. The molecular formula is C7H11NO4. The van der Waals surface area contributed by atoms with Crippen LogP contribution in [0, 0.1) is 5.92 Å². The van der Waals surface area contributed by atoms with Crippen LogP contribution >= 0.6 is 0 Å². The highest BCUT2D eigenvalue weighted by molar-refractivity contribution is 5.72. The number of hydrogen-bond donors (Lipinski definition) is 3. The molecule has 5 unspecified atom stereocenters. The van der Waals surface area contributed by atoms with E-state index in [-0.39, 0.29) is 18.3 Å². The minimum absolute atomic E-state index is 0.208. The quantitative estimate of drug-likeness (QED) is 0.368. The SMILES string of the molecule is NC1C(O)C(O)C2OC(=O)CC12. The molecule has 1 aliphatic carbocycles. The second kappa shape index (κ2) is 2.42. The van der Waals surface area contributed by atoms with Crippen LogP contribution in [0.25, 0.3) is 0 Å². The molecule has 4 N–H and O–H groups in total.